The number of carboxylic acids is 2. The molecule has 0 spiro atoms. The van der Waals surface area contributed by atoms with Gasteiger partial charge in [-0.05, 0) is 0 Å². The molecule has 1 saturated heterocycles. The van der Waals surface area contributed by atoms with Crippen molar-refractivity contribution in [3.8, 4) is 0 Å². The highest BCUT2D eigenvalue weighted by Crippen LogP contribution is 2.25. The molecule has 0 atom stereocenters. The van der Waals surface area contributed by atoms with Gasteiger partial charge in [0.25, 0.3) is 6.48 Å². The van der Waals surface area contributed by atoms with E-state index in [4.69, 9.17) is 19.7 Å². The summed E-state index contributed by atoms with van der Waals surface area (Å²) in [5, 5.41) is 17.5. The van der Waals surface area contributed by atoms with Crippen molar-refractivity contribution in [1.29, 1.82) is 0 Å². The van der Waals surface area contributed by atoms with Crippen molar-refractivity contribution >= 4 is 11.9 Å². The van der Waals surface area contributed by atoms with Crippen molar-refractivity contribution in [1.82, 2.24) is 0 Å². The first-order valence-corrected chi connectivity index (χ1v) is 3.76. The van der Waals surface area contributed by atoms with Gasteiger partial charge in [0, 0.05) is 7.11 Å². The van der Waals surface area contributed by atoms with Crippen LogP contribution in [0.1, 0.15) is 0 Å². The predicted molar refractivity (Wildman–Crippen MR) is 40.4 cm³/mol. The minimum atomic E-state index is -2.03. The maximum Gasteiger partial charge on any atom is 0.325 e. The van der Waals surface area contributed by atoms with Gasteiger partial charge in [0.15, 0.2) is 0 Å². The van der Waals surface area contributed by atoms with E-state index in [0.717, 1.165) is 0 Å². The third kappa shape index (κ3) is 1.69. The Morgan fingerprint density at radius 1 is 1.29 bits per heavy atom. The highest BCUT2D eigenvalue weighted by atomic mass is 16.8. The maximum atomic E-state index is 10.7. The number of methoxy groups -OCH3 is 1. The Labute approximate surface area is 79.2 Å². The monoisotopic (exact) mass is 206 g/mol. The summed E-state index contributed by atoms with van der Waals surface area (Å²) in [4.78, 5) is 21.5. The second kappa shape index (κ2) is 3.91. The van der Waals surface area contributed by atoms with E-state index in [1.54, 1.807) is 0 Å². The van der Waals surface area contributed by atoms with E-state index >= 15 is 0 Å². The summed E-state index contributed by atoms with van der Waals surface area (Å²) in [5.41, 5.74) is -2.03. The fraction of sp³-hybridized carbons (Fsp3) is 0.714. The Morgan fingerprint density at radius 2 is 1.71 bits per heavy atom. The maximum absolute atomic E-state index is 10.7. The molecule has 0 bridgehead atoms. The highest BCUT2D eigenvalue weighted by molar-refractivity contribution is 5.98. The number of rotatable bonds is 3. The first-order chi connectivity index (χ1) is 6.53. The van der Waals surface area contributed by atoms with Crippen LogP contribution in [0.3, 0.4) is 0 Å². The molecule has 0 unspecified atom stereocenters. The molecule has 1 aliphatic heterocycles. The standard InChI is InChI=1S/C7H10O7/c1-12-6-13-2-7(3-14-6,4(8)9)5(10)11/h6H,2-3H2,1H3,(H,8,9)(H,10,11). The average Bonchev–Trinajstić information content (AvgIpc) is 2.17. The molecule has 0 saturated carbocycles. The van der Waals surface area contributed by atoms with E-state index in [1.165, 1.54) is 7.11 Å². The van der Waals surface area contributed by atoms with Crippen molar-refractivity contribution in [2.24, 2.45) is 5.41 Å². The molecule has 7 heteroatoms. The summed E-state index contributed by atoms with van der Waals surface area (Å²) in [6.45, 7) is -1.95. The zero-order valence-corrected chi connectivity index (χ0v) is 7.43. The Kier molecular flexibility index (Phi) is 3.04. The molecule has 7 nitrogen and oxygen atoms in total. The lowest BCUT2D eigenvalue weighted by Gasteiger charge is -2.32. The molecular formula is C7H10O7. The SMILES string of the molecule is COC1OCC(C(=O)O)(C(=O)O)CO1. The van der Waals surface area contributed by atoms with Crippen LogP contribution < -0.4 is 0 Å². The quantitative estimate of drug-likeness (QED) is 0.578. The lowest BCUT2D eigenvalue weighted by molar-refractivity contribution is -0.323. The Bertz CT molecular complexity index is 224. The number of aliphatic carboxylic acids is 2. The van der Waals surface area contributed by atoms with Gasteiger partial charge in [-0.1, -0.05) is 0 Å². The van der Waals surface area contributed by atoms with Gasteiger partial charge >= 0.3 is 11.9 Å². The second-order valence-electron chi connectivity index (χ2n) is 2.84. The Hall–Kier alpha value is -1.18. The summed E-state index contributed by atoms with van der Waals surface area (Å²) in [6.07, 6.45) is 0. The third-order valence-electron chi connectivity index (χ3n) is 1.94. The summed E-state index contributed by atoms with van der Waals surface area (Å²) >= 11 is 0. The first kappa shape index (κ1) is 10.9. The van der Waals surface area contributed by atoms with Crippen LogP contribution in [0.4, 0.5) is 0 Å². The minimum Gasteiger partial charge on any atom is -0.480 e. The van der Waals surface area contributed by atoms with Crippen LogP contribution in [0, 0.1) is 5.41 Å². The van der Waals surface area contributed by atoms with Gasteiger partial charge in [-0.2, -0.15) is 0 Å². The fourth-order valence-electron chi connectivity index (χ4n) is 0.985. The molecule has 14 heavy (non-hydrogen) atoms. The van der Waals surface area contributed by atoms with Crippen LogP contribution in [0.25, 0.3) is 0 Å². The van der Waals surface area contributed by atoms with Gasteiger partial charge < -0.3 is 24.4 Å². The van der Waals surface area contributed by atoms with Crippen molar-refractivity contribution < 1.29 is 34.0 Å². The number of ether oxygens (including phenoxy) is 3. The van der Waals surface area contributed by atoms with Gasteiger partial charge in [-0.3, -0.25) is 9.59 Å². The largest absolute Gasteiger partial charge is 0.480 e. The molecule has 1 fully saturated rings. The summed E-state index contributed by atoms with van der Waals surface area (Å²) in [5.74, 6) is -2.97. The molecular weight excluding hydrogens is 196 g/mol. The summed E-state index contributed by atoms with van der Waals surface area (Å²) in [6, 6.07) is 0. The molecule has 0 aliphatic carbocycles. The van der Waals surface area contributed by atoms with E-state index in [-0.39, 0.29) is 0 Å². The smallest absolute Gasteiger partial charge is 0.325 e. The lowest BCUT2D eigenvalue weighted by Crippen LogP contribution is -2.52. The molecule has 0 aromatic heterocycles. The molecule has 0 radical (unpaired) electrons. The normalized spacial score (nSPS) is 21.8. The molecule has 1 aliphatic rings. The third-order valence-corrected chi connectivity index (χ3v) is 1.94. The molecule has 0 aromatic carbocycles. The van der Waals surface area contributed by atoms with Gasteiger partial charge in [-0.15, -0.1) is 0 Å². The topological polar surface area (TPSA) is 102 Å². The molecule has 80 valence electrons. The zero-order valence-electron chi connectivity index (χ0n) is 7.43. The minimum absolute atomic E-state index is 0.476. The average molecular weight is 206 g/mol. The van der Waals surface area contributed by atoms with Crippen molar-refractivity contribution in [3.05, 3.63) is 0 Å². The fourth-order valence-corrected chi connectivity index (χ4v) is 0.985. The van der Waals surface area contributed by atoms with E-state index in [1.807, 2.05) is 0 Å². The lowest BCUT2D eigenvalue weighted by atomic mass is 9.90. The number of carbonyl (C=O) groups is 2. The molecule has 0 amide bonds. The van der Waals surface area contributed by atoms with E-state index in [9.17, 15) is 9.59 Å². The number of hydrogen-bond donors (Lipinski definition) is 2. The predicted octanol–water partition coefficient (Wildman–Crippen LogP) is -0.881. The molecule has 0 aromatic rings. The number of hydrogen-bond acceptors (Lipinski definition) is 5. The van der Waals surface area contributed by atoms with Crippen LogP contribution in [0.2, 0.25) is 0 Å². The van der Waals surface area contributed by atoms with Gasteiger partial charge in [0.05, 0.1) is 13.2 Å². The molecule has 1 rings (SSSR count). The first-order valence-electron chi connectivity index (χ1n) is 3.76. The molecule has 2 N–H and O–H groups in total. The summed E-state index contributed by atoms with van der Waals surface area (Å²) in [7, 11) is 1.30. The van der Waals surface area contributed by atoms with Crippen LogP contribution >= 0.6 is 0 Å². The van der Waals surface area contributed by atoms with Gasteiger partial charge in [0.2, 0.25) is 5.41 Å². The Balaban J connectivity index is 2.75. The van der Waals surface area contributed by atoms with Crippen LogP contribution in [0.15, 0.2) is 0 Å². The summed E-state index contributed by atoms with van der Waals surface area (Å²) < 4.78 is 14.1. The van der Waals surface area contributed by atoms with E-state index in [0.29, 0.717) is 0 Å². The van der Waals surface area contributed by atoms with Crippen molar-refractivity contribution in [2.75, 3.05) is 20.3 Å². The van der Waals surface area contributed by atoms with E-state index in [2.05, 4.69) is 4.74 Å². The Morgan fingerprint density at radius 3 is 2.00 bits per heavy atom. The van der Waals surface area contributed by atoms with Gasteiger partial charge in [-0.25, -0.2) is 0 Å². The molecule has 1 heterocycles. The van der Waals surface area contributed by atoms with Gasteiger partial charge in [0.1, 0.15) is 0 Å². The van der Waals surface area contributed by atoms with Crippen molar-refractivity contribution in [3.63, 3.8) is 0 Å². The van der Waals surface area contributed by atoms with Crippen LogP contribution in [0.5, 0.6) is 0 Å². The zero-order chi connectivity index (χ0) is 10.8. The second-order valence-corrected chi connectivity index (χ2v) is 2.84. The highest BCUT2D eigenvalue weighted by Gasteiger charge is 2.51. The van der Waals surface area contributed by atoms with E-state index < -0.39 is 37.0 Å². The van der Waals surface area contributed by atoms with Crippen LogP contribution in [-0.4, -0.2) is 49.0 Å². The van der Waals surface area contributed by atoms with Crippen molar-refractivity contribution in [2.45, 2.75) is 6.48 Å². The number of carboxylic acid groups (broad SMARTS) is 2. The van der Waals surface area contributed by atoms with Crippen LogP contribution in [-0.2, 0) is 23.8 Å².